The number of hydrogen-bond acceptors (Lipinski definition) is 4. The first kappa shape index (κ1) is 15.0. The molecule has 0 bridgehead atoms. The van der Waals surface area contributed by atoms with Crippen LogP contribution in [0.1, 0.15) is 10.4 Å². The monoisotopic (exact) mass is 339 g/mol. The third-order valence-corrected chi connectivity index (χ3v) is 5.33. The molecule has 0 unspecified atom stereocenters. The Morgan fingerprint density at radius 3 is 2.92 bits per heavy atom. The van der Waals surface area contributed by atoms with Crippen molar-refractivity contribution < 1.29 is 4.74 Å². The fourth-order valence-electron chi connectivity index (χ4n) is 3.09. The SMILES string of the molecule is COc1cccc(Cn2ncc3c4sc(C)cc4n(C)c3c2=O)c1. The third kappa shape index (κ3) is 2.22. The Morgan fingerprint density at radius 2 is 2.12 bits per heavy atom. The number of nitrogens with zero attached hydrogens (tertiary/aromatic N) is 3. The number of aromatic nitrogens is 3. The number of benzene rings is 1. The van der Waals surface area contributed by atoms with E-state index in [1.807, 2.05) is 35.9 Å². The van der Waals surface area contributed by atoms with Gasteiger partial charge in [-0.1, -0.05) is 12.1 Å². The molecule has 24 heavy (non-hydrogen) atoms. The van der Waals surface area contributed by atoms with E-state index in [9.17, 15) is 4.79 Å². The van der Waals surface area contributed by atoms with Crippen LogP contribution in [-0.4, -0.2) is 21.5 Å². The van der Waals surface area contributed by atoms with E-state index in [-0.39, 0.29) is 5.56 Å². The second-order valence-corrected chi connectivity index (χ2v) is 7.11. The van der Waals surface area contributed by atoms with Gasteiger partial charge in [0.05, 0.1) is 30.1 Å². The summed E-state index contributed by atoms with van der Waals surface area (Å²) in [5.41, 5.74) is 2.70. The Labute approximate surface area is 142 Å². The predicted octanol–water partition coefficient (Wildman–Crippen LogP) is 3.32. The van der Waals surface area contributed by atoms with Crippen LogP contribution in [0.15, 0.2) is 41.3 Å². The van der Waals surface area contributed by atoms with Crippen molar-refractivity contribution in [3.8, 4) is 5.75 Å². The van der Waals surface area contributed by atoms with Gasteiger partial charge in [0.1, 0.15) is 11.3 Å². The molecule has 6 heteroatoms. The zero-order valence-corrected chi connectivity index (χ0v) is 14.6. The molecule has 0 aliphatic heterocycles. The highest BCUT2D eigenvalue weighted by molar-refractivity contribution is 7.20. The fraction of sp³-hybridized carbons (Fsp3) is 0.222. The van der Waals surface area contributed by atoms with Gasteiger partial charge < -0.3 is 9.30 Å². The first-order chi connectivity index (χ1) is 11.6. The van der Waals surface area contributed by atoms with E-state index in [1.165, 1.54) is 9.56 Å². The van der Waals surface area contributed by atoms with Gasteiger partial charge in [-0.05, 0) is 30.7 Å². The van der Waals surface area contributed by atoms with E-state index >= 15 is 0 Å². The van der Waals surface area contributed by atoms with Gasteiger partial charge in [0.25, 0.3) is 5.56 Å². The van der Waals surface area contributed by atoms with Crippen molar-refractivity contribution in [2.45, 2.75) is 13.5 Å². The Balaban J connectivity index is 1.86. The standard InChI is InChI=1S/C18H17N3O2S/c1-11-7-15-17(24-11)14-9-19-21(18(22)16(14)20(15)2)10-12-5-4-6-13(8-12)23-3/h4-9H,10H2,1-3H3. The minimum absolute atomic E-state index is 0.0705. The third-order valence-electron chi connectivity index (χ3n) is 4.26. The Kier molecular flexibility index (Phi) is 3.42. The van der Waals surface area contributed by atoms with Gasteiger partial charge in [-0.25, -0.2) is 4.68 Å². The molecule has 5 nitrogen and oxygen atoms in total. The molecule has 0 N–H and O–H groups in total. The highest BCUT2D eigenvalue weighted by Crippen LogP contribution is 2.32. The summed E-state index contributed by atoms with van der Waals surface area (Å²) >= 11 is 1.70. The number of aryl methyl sites for hydroxylation is 2. The highest BCUT2D eigenvalue weighted by Gasteiger charge is 2.16. The molecule has 0 fully saturated rings. The summed E-state index contributed by atoms with van der Waals surface area (Å²) in [6.07, 6.45) is 1.80. The molecule has 3 heterocycles. The van der Waals surface area contributed by atoms with E-state index in [1.54, 1.807) is 24.6 Å². The van der Waals surface area contributed by atoms with E-state index in [2.05, 4.69) is 18.1 Å². The number of ether oxygens (including phenoxy) is 1. The van der Waals surface area contributed by atoms with Gasteiger partial charge in [-0.3, -0.25) is 4.79 Å². The number of thiophene rings is 1. The molecule has 122 valence electrons. The lowest BCUT2D eigenvalue weighted by Gasteiger charge is -2.07. The van der Waals surface area contributed by atoms with Crippen molar-refractivity contribution in [3.05, 3.63) is 57.3 Å². The lowest BCUT2D eigenvalue weighted by Crippen LogP contribution is -2.24. The maximum absolute atomic E-state index is 12.9. The molecule has 1 aromatic carbocycles. The largest absolute Gasteiger partial charge is 0.497 e. The first-order valence-corrected chi connectivity index (χ1v) is 8.47. The van der Waals surface area contributed by atoms with Crippen molar-refractivity contribution in [1.82, 2.24) is 14.3 Å². The summed E-state index contributed by atoms with van der Waals surface area (Å²) < 4.78 is 9.85. The van der Waals surface area contributed by atoms with E-state index in [0.717, 1.165) is 26.9 Å². The van der Waals surface area contributed by atoms with Crippen molar-refractivity contribution in [3.63, 3.8) is 0 Å². The molecular weight excluding hydrogens is 322 g/mol. The molecule has 0 atom stereocenters. The highest BCUT2D eigenvalue weighted by atomic mass is 32.1. The molecule has 4 aromatic rings. The lowest BCUT2D eigenvalue weighted by atomic mass is 10.2. The second kappa shape index (κ2) is 5.49. The van der Waals surface area contributed by atoms with Gasteiger partial charge >= 0.3 is 0 Å². The molecule has 0 saturated heterocycles. The van der Waals surface area contributed by atoms with Crippen LogP contribution in [0.2, 0.25) is 0 Å². The lowest BCUT2D eigenvalue weighted by molar-refractivity contribution is 0.414. The Bertz CT molecular complexity index is 1120. The summed E-state index contributed by atoms with van der Waals surface area (Å²) in [6, 6.07) is 9.81. The first-order valence-electron chi connectivity index (χ1n) is 7.66. The number of fused-ring (bicyclic) bond motifs is 3. The predicted molar refractivity (Wildman–Crippen MR) is 97.2 cm³/mol. The molecule has 0 saturated carbocycles. The van der Waals surface area contributed by atoms with Gasteiger partial charge in [0.15, 0.2) is 0 Å². The minimum Gasteiger partial charge on any atom is -0.497 e. The normalized spacial score (nSPS) is 11.5. The Morgan fingerprint density at radius 1 is 1.29 bits per heavy atom. The van der Waals surface area contributed by atoms with Gasteiger partial charge in [-0.2, -0.15) is 5.10 Å². The summed E-state index contributed by atoms with van der Waals surface area (Å²) in [7, 11) is 3.57. The number of rotatable bonds is 3. The van der Waals surface area contributed by atoms with Crippen LogP contribution in [0.25, 0.3) is 21.1 Å². The van der Waals surface area contributed by atoms with Crippen molar-refractivity contribution in [2.24, 2.45) is 7.05 Å². The smallest absolute Gasteiger partial charge is 0.291 e. The maximum Gasteiger partial charge on any atom is 0.291 e. The van der Waals surface area contributed by atoms with E-state index < -0.39 is 0 Å². The van der Waals surface area contributed by atoms with Crippen molar-refractivity contribution >= 4 is 32.5 Å². The second-order valence-electron chi connectivity index (χ2n) is 5.85. The number of methoxy groups -OCH3 is 1. The maximum atomic E-state index is 12.9. The van der Waals surface area contributed by atoms with Crippen molar-refractivity contribution in [1.29, 1.82) is 0 Å². The molecule has 4 rings (SSSR count). The summed E-state index contributed by atoms with van der Waals surface area (Å²) in [5, 5.41) is 5.31. The van der Waals surface area contributed by atoms with Crippen LogP contribution in [-0.2, 0) is 13.6 Å². The van der Waals surface area contributed by atoms with Crippen LogP contribution >= 0.6 is 11.3 Å². The molecule has 0 amide bonds. The Hall–Kier alpha value is -2.60. The summed E-state index contributed by atoms with van der Waals surface area (Å²) in [6.45, 7) is 2.50. The minimum atomic E-state index is -0.0705. The van der Waals surface area contributed by atoms with Crippen LogP contribution in [0.4, 0.5) is 0 Å². The van der Waals surface area contributed by atoms with Crippen LogP contribution in [0.5, 0.6) is 5.75 Å². The van der Waals surface area contributed by atoms with Crippen LogP contribution < -0.4 is 10.3 Å². The van der Waals surface area contributed by atoms with Crippen LogP contribution in [0.3, 0.4) is 0 Å². The van der Waals surface area contributed by atoms with Gasteiger partial charge in [0, 0.05) is 17.3 Å². The summed E-state index contributed by atoms with van der Waals surface area (Å²) in [4.78, 5) is 14.1. The quantitative estimate of drug-likeness (QED) is 0.575. The van der Waals surface area contributed by atoms with Gasteiger partial charge in [0.2, 0.25) is 0 Å². The zero-order valence-electron chi connectivity index (χ0n) is 13.7. The zero-order chi connectivity index (χ0) is 16.8. The van der Waals surface area contributed by atoms with Gasteiger partial charge in [-0.15, -0.1) is 11.3 Å². The fourth-order valence-corrected chi connectivity index (χ4v) is 4.14. The summed E-state index contributed by atoms with van der Waals surface area (Å²) in [5.74, 6) is 0.775. The van der Waals surface area contributed by atoms with E-state index in [0.29, 0.717) is 12.1 Å². The molecule has 0 aliphatic carbocycles. The molecule has 0 spiro atoms. The average molecular weight is 339 g/mol. The molecule has 3 aromatic heterocycles. The molecular formula is C18H17N3O2S. The molecule has 0 aliphatic rings. The van der Waals surface area contributed by atoms with Crippen LogP contribution in [0, 0.1) is 6.92 Å². The average Bonchev–Trinajstić information content (AvgIpc) is 3.08. The number of hydrogen-bond donors (Lipinski definition) is 0. The molecule has 0 radical (unpaired) electrons. The topological polar surface area (TPSA) is 49.0 Å². The van der Waals surface area contributed by atoms with E-state index in [4.69, 9.17) is 4.74 Å². The van der Waals surface area contributed by atoms with Crippen molar-refractivity contribution in [2.75, 3.05) is 7.11 Å².